The van der Waals surface area contributed by atoms with Crippen LogP contribution in [0.3, 0.4) is 0 Å². The fraction of sp³-hybridized carbons (Fsp3) is 0.250. The van der Waals surface area contributed by atoms with Crippen molar-refractivity contribution in [2.24, 2.45) is 0 Å². The third-order valence-electron chi connectivity index (χ3n) is 5.13. The molecule has 2 aromatic carbocycles. The van der Waals surface area contributed by atoms with Gasteiger partial charge in [-0.05, 0) is 24.1 Å². The molecule has 1 fully saturated rings. The van der Waals surface area contributed by atoms with E-state index in [9.17, 15) is 13.7 Å². The highest BCUT2D eigenvalue weighted by Crippen LogP contribution is 2.42. The highest BCUT2D eigenvalue weighted by Gasteiger charge is 2.26. The van der Waals surface area contributed by atoms with Gasteiger partial charge >= 0.3 is 0 Å². The maximum absolute atomic E-state index is 15.4. The normalized spacial score (nSPS) is 17.3. The Hall–Kier alpha value is -2.49. The Morgan fingerprint density at radius 1 is 1.17 bits per heavy atom. The zero-order valence-corrected chi connectivity index (χ0v) is 17.7. The molecule has 0 aliphatic carbocycles. The Morgan fingerprint density at radius 2 is 1.87 bits per heavy atom. The summed E-state index contributed by atoms with van der Waals surface area (Å²) in [7, 11) is -2.30. The van der Waals surface area contributed by atoms with Gasteiger partial charge in [-0.2, -0.15) is 0 Å². The summed E-state index contributed by atoms with van der Waals surface area (Å²) in [5.41, 5.74) is -0.596. The highest BCUT2D eigenvalue weighted by atomic mass is 35.5. The Kier molecular flexibility index (Phi) is 5.29. The topological polar surface area (TPSA) is 69.6 Å². The number of piperazine rings is 1. The lowest BCUT2D eigenvalue weighted by Crippen LogP contribution is -2.48. The summed E-state index contributed by atoms with van der Waals surface area (Å²) in [4.78, 5) is 10.3. The molecule has 6 nitrogen and oxygen atoms in total. The number of aromatic nitrogens is 2. The lowest BCUT2D eigenvalue weighted by atomic mass is 10.0. The van der Waals surface area contributed by atoms with E-state index in [4.69, 9.17) is 11.6 Å². The number of rotatable bonds is 3. The van der Waals surface area contributed by atoms with Gasteiger partial charge in [-0.3, -0.25) is 4.21 Å². The summed E-state index contributed by atoms with van der Waals surface area (Å²) in [6, 6.07) is 5.18. The maximum atomic E-state index is 15.4. The molecule has 0 saturated carbocycles. The number of phenolic OH excluding ortho intramolecular Hbond substituents is 1. The van der Waals surface area contributed by atoms with Gasteiger partial charge in [0, 0.05) is 53.1 Å². The number of aromatic hydroxyl groups is 1. The van der Waals surface area contributed by atoms with Gasteiger partial charge < -0.3 is 10.0 Å². The van der Waals surface area contributed by atoms with E-state index in [1.54, 1.807) is 10.6 Å². The third kappa shape index (κ3) is 3.57. The van der Waals surface area contributed by atoms with Crippen LogP contribution in [-0.4, -0.2) is 61.9 Å². The first-order valence-corrected chi connectivity index (χ1v) is 11.6. The predicted molar refractivity (Wildman–Crippen MR) is 117 cm³/mol. The first-order valence-electron chi connectivity index (χ1n) is 9.11. The first kappa shape index (κ1) is 20.8. The zero-order chi connectivity index (χ0) is 21.6. The fourth-order valence-electron chi connectivity index (χ4n) is 3.64. The van der Waals surface area contributed by atoms with Crippen molar-refractivity contribution in [3.05, 3.63) is 47.2 Å². The SMILES string of the molecule is C=S(C)(=O)N1CCN(c2ncnc3c(F)c(-c4c(O)cccc4F)c(Cl)cc23)CC1. The average Bonchev–Trinajstić information content (AvgIpc) is 2.69. The summed E-state index contributed by atoms with van der Waals surface area (Å²) >= 11 is 6.33. The quantitative estimate of drug-likeness (QED) is 0.617. The highest BCUT2D eigenvalue weighted by molar-refractivity contribution is 7.97. The number of fused-ring (bicyclic) bond motifs is 1. The Morgan fingerprint density at radius 3 is 2.50 bits per heavy atom. The smallest absolute Gasteiger partial charge is 0.159 e. The van der Waals surface area contributed by atoms with E-state index < -0.39 is 27.1 Å². The maximum Gasteiger partial charge on any atom is 0.159 e. The first-order chi connectivity index (χ1) is 14.2. The molecule has 4 rings (SSSR count). The molecule has 1 unspecified atom stereocenters. The molecule has 10 heteroatoms. The van der Waals surface area contributed by atoms with E-state index in [1.807, 2.05) is 4.90 Å². The molecular formula is C20H19ClF2N4O2S. The van der Waals surface area contributed by atoms with E-state index in [2.05, 4.69) is 15.8 Å². The van der Waals surface area contributed by atoms with Crippen LogP contribution in [0.25, 0.3) is 22.0 Å². The van der Waals surface area contributed by atoms with Gasteiger partial charge in [0.05, 0.1) is 10.6 Å². The number of halogens is 3. The second-order valence-electron chi connectivity index (χ2n) is 7.15. The largest absolute Gasteiger partial charge is 0.507 e. The lowest BCUT2D eigenvalue weighted by Gasteiger charge is -2.36. The van der Waals surface area contributed by atoms with E-state index in [0.717, 1.165) is 6.07 Å². The molecule has 3 aromatic rings. The van der Waals surface area contributed by atoms with Crippen LogP contribution in [0.5, 0.6) is 5.75 Å². The zero-order valence-electron chi connectivity index (χ0n) is 16.1. The van der Waals surface area contributed by atoms with Crippen molar-refractivity contribution in [1.82, 2.24) is 14.3 Å². The van der Waals surface area contributed by atoms with Crippen LogP contribution >= 0.6 is 11.6 Å². The minimum atomic E-state index is -2.30. The number of hydrogen-bond acceptors (Lipinski definition) is 5. The molecule has 2 heterocycles. The number of nitrogens with zero attached hydrogens (tertiary/aromatic N) is 4. The molecule has 1 aromatic heterocycles. The van der Waals surface area contributed by atoms with Crippen LogP contribution in [0.15, 0.2) is 30.6 Å². The van der Waals surface area contributed by atoms with E-state index in [-0.39, 0.29) is 21.7 Å². The lowest BCUT2D eigenvalue weighted by molar-refractivity contribution is 0.409. The molecule has 1 aliphatic rings. The van der Waals surface area contributed by atoms with Crippen LogP contribution in [-0.2, 0) is 9.71 Å². The standard InChI is InChI=1S/C20H19ClF2N4O2S/c1-30(2,29)27-8-6-26(7-9-27)20-12-10-13(21)16(18(23)19(12)24-11-25-20)17-14(22)4-3-5-15(17)28/h3-5,10-11,28H,1,6-9H2,2H3. The molecule has 1 N–H and O–H groups in total. The monoisotopic (exact) mass is 452 g/mol. The number of hydrogen-bond donors (Lipinski definition) is 1. The summed E-state index contributed by atoms with van der Waals surface area (Å²) < 4.78 is 43.7. The second-order valence-corrected chi connectivity index (χ2v) is 9.99. The van der Waals surface area contributed by atoms with Crippen molar-refractivity contribution in [3.63, 3.8) is 0 Å². The number of anilines is 1. The van der Waals surface area contributed by atoms with Crippen molar-refractivity contribution >= 4 is 43.9 Å². The summed E-state index contributed by atoms with van der Waals surface area (Å²) in [6.07, 6.45) is 2.83. The van der Waals surface area contributed by atoms with Gasteiger partial charge in [-0.25, -0.2) is 23.1 Å². The van der Waals surface area contributed by atoms with Gasteiger partial charge in [0.15, 0.2) is 5.82 Å². The Bertz CT molecular complexity index is 1230. The van der Waals surface area contributed by atoms with Crippen LogP contribution in [0, 0.1) is 11.6 Å². The molecular weight excluding hydrogens is 434 g/mol. The van der Waals surface area contributed by atoms with Gasteiger partial charge in [0.2, 0.25) is 0 Å². The van der Waals surface area contributed by atoms with Crippen LogP contribution in [0.2, 0.25) is 5.02 Å². The molecule has 1 aliphatic heterocycles. The molecule has 30 heavy (non-hydrogen) atoms. The van der Waals surface area contributed by atoms with Crippen LogP contribution in [0.4, 0.5) is 14.6 Å². The number of benzene rings is 2. The summed E-state index contributed by atoms with van der Waals surface area (Å²) in [6.45, 7) is 2.06. The van der Waals surface area contributed by atoms with Crippen molar-refractivity contribution in [3.8, 4) is 16.9 Å². The Balaban J connectivity index is 1.81. The summed E-state index contributed by atoms with van der Waals surface area (Å²) in [5, 5.41) is 10.4. The Labute approximate surface area is 177 Å². The van der Waals surface area contributed by atoms with Gasteiger partial charge in [0.1, 0.15) is 29.2 Å². The molecule has 158 valence electrons. The molecule has 0 bridgehead atoms. The van der Waals surface area contributed by atoms with Crippen molar-refractivity contribution in [1.29, 1.82) is 0 Å². The molecule has 0 spiro atoms. The summed E-state index contributed by atoms with van der Waals surface area (Å²) in [5.74, 6) is 2.14. The fourth-order valence-corrected chi connectivity index (χ4v) is 4.87. The molecule has 1 atom stereocenters. The second kappa shape index (κ2) is 7.64. The van der Waals surface area contributed by atoms with E-state index in [0.29, 0.717) is 37.4 Å². The minimum Gasteiger partial charge on any atom is -0.507 e. The molecule has 1 saturated heterocycles. The van der Waals surface area contributed by atoms with E-state index >= 15 is 4.39 Å². The van der Waals surface area contributed by atoms with Crippen molar-refractivity contribution < 1.29 is 18.1 Å². The van der Waals surface area contributed by atoms with Gasteiger partial charge in [-0.15, -0.1) is 0 Å². The van der Waals surface area contributed by atoms with Gasteiger partial charge in [-0.1, -0.05) is 17.7 Å². The minimum absolute atomic E-state index is 0.0269. The van der Waals surface area contributed by atoms with Crippen molar-refractivity contribution in [2.75, 3.05) is 37.3 Å². The van der Waals surface area contributed by atoms with Crippen LogP contribution < -0.4 is 4.90 Å². The van der Waals surface area contributed by atoms with E-state index in [1.165, 1.54) is 24.5 Å². The number of phenols is 1. The third-order valence-corrected chi connectivity index (χ3v) is 6.88. The predicted octanol–water partition coefficient (Wildman–Crippen LogP) is 3.32. The van der Waals surface area contributed by atoms with Crippen molar-refractivity contribution in [2.45, 2.75) is 0 Å². The molecule has 0 radical (unpaired) electrons. The van der Waals surface area contributed by atoms with Gasteiger partial charge in [0.25, 0.3) is 0 Å². The van der Waals surface area contributed by atoms with Crippen LogP contribution in [0.1, 0.15) is 0 Å². The molecule has 0 amide bonds. The average molecular weight is 453 g/mol.